The summed E-state index contributed by atoms with van der Waals surface area (Å²) >= 11 is 0. The Balaban J connectivity index is 1.60. The van der Waals surface area contributed by atoms with E-state index in [1.54, 1.807) is 29.2 Å². The number of methoxy groups -OCH3 is 1. The number of likely N-dealkylation sites (tertiary alicyclic amines) is 1. The van der Waals surface area contributed by atoms with E-state index < -0.39 is 28.4 Å². The van der Waals surface area contributed by atoms with Crippen molar-refractivity contribution < 1.29 is 32.6 Å². The molecule has 11 heteroatoms. The maximum Gasteiger partial charge on any atom is 0.507 e. The quantitative estimate of drug-likeness (QED) is 0.637. The van der Waals surface area contributed by atoms with E-state index >= 15 is 0 Å². The average molecular weight is 476 g/mol. The third kappa shape index (κ3) is 4.74. The summed E-state index contributed by atoms with van der Waals surface area (Å²) in [7, 11) is -2.63. The van der Waals surface area contributed by atoms with Gasteiger partial charge in [-0.1, -0.05) is 18.2 Å². The second-order valence-corrected chi connectivity index (χ2v) is 9.79. The number of nitrogens with one attached hydrogen (secondary N) is 1. The van der Waals surface area contributed by atoms with Crippen LogP contribution >= 0.6 is 0 Å². The number of ether oxygens (including phenoxy) is 2. The van der Waals surface area contributed by atoms with E-state index in [2.05, 4.69) is 5.32 Å². The first kappa shape index (κ1) is 22.9. The smallest absolute Gasteiger partial charge is 0.497 e. The Morgan fingerprint density at radius 2 is 1.79 bits per heavy atom. The highest BCUT2D eigenvalue weighted by Crippen LogP contribution is 2.40. The number of carbonyl (C=O) groups excluding carboxylic acids is 1. The van der Waals surface area contributed by atoms with Crippen LogP contribution in [0.1, 0.15) is 12.8 Å². The summed E-state index contributed by atoms with van der Waals surface area (Å²) in [4.78, 5) is 25.7. The number of anilines is 1. The molecule has 0 bridgehead atoms. The Labute approximate surface area is 191 Å². The summed E-state index contributed by atoms with van der Waals surface area (Å²) in [5, 5.41) is 12.0. The van der Waals surface area contributed by atoms with Gasteiger partial charge in [0.15, 0.2) is 6.23 Å². The van der Waals surface area contributed by atoms with Gasteiger partial charge in [-0.05, 0) is 48.7 Å². The molecule has 2 N–H and O–H groups in total. The zero-order valence-electron chi connectivity index (χ0n) is 18.0. The van der Waals surface area contributed by atoms with E-state index in [4.69, 9.17) is 9.47 Å². The Morgan fingerprint density at radius 3 is 2.42 bits per heavy atom. The number of para-hydroxylation sites is 1. The molecular weight excluding hydrogens is 450 g/mol. The lowest BCUT2D eigenvalue weighted by Gasteiger charge is -2.38. The number of nitrogens with zero attached hydrogens (tertiary/aromatic N) is 2. The number of benzene rings is 2. The molecule has 0 unspecified atom stereocenters. The van der Waals surface area contributed by atoms with Crippen molar-refractivity contribution in [3.8, 4) is 5.75 Å². The molecule has 2 fully saturated rings. The van der Waals surface area contributed by atoms with Gasteiger partial charge < -0.3 is 24.8 Å². The van der Waals surface area contributed by atoms with Crippen LogP contribution < -0.4 is 10.1 Å². The summed E-state index contributed by atoms with van der Waals surface area (Å²) < 4.78 is 38.3. The summed E-state index contributed by atoms with van der Waals surface area (Å²) in [5.74, 6) is 0.358. The maximum absolute atomic E-state index is 13.5. The highest BCUT2D eigenvalue weighted by molar-refractivity contribution is 7.89. The van der Waals surface area contributed by atoms with E-state index in [0.717, 1.165) is 4.31 Å². The number of urea groups is 1. The van der Waals surface area contributed by atoms with Gasteiger partial charge in [0.2, 0.25) is 10.0 Å². The minimum Gasteiger partial charge on any atom is -0.497 e. The van der Waals surface area contributed by atoms with Crippen molar-refractivity contribution in [2.75, 3.05) is 25.5 Å². The molecule has 0 aliphatic carbocycles. The second-order valence-electron chi connectivity index (χ2n) is 7.94. The summed E-state index contributed by atoms with van der Waals surface area (Å²) in [6.45, 7) is 0.550. The van der Waals surface area contributed by atoms with Crippen LogP contribution in [0.5, 0.6) is 5.75 Å². The standard InChI is InChI=1S/C22H25N3O7S/c1-31-17-7-9-18(10-8-17)33(29,30)25-19-14-24(21(26)23-16-5-3-2-4-6-16)12-11-15(19)13-20(25)32-22(27)28/h2-10,15,19-20H,11-14H2,1H3,(H,23,26)(H,27,28)/t15-,19-,20-/m0/s1. The third-order valence-corrected chi connectivity index (χ3v) is 7.95. The lowest BCUT2D eigenvalue weighted by Crippen LogP contribution is -2.53. The predicted octanol–water partition coefficient (Wildman–Crippen LogP) is 3.03. The fourth-order valence-corrected chi connectivity index (χ4v) is 6.20. The van der Waals surface area contributed by atoms with Crippen molar-refractivity contribution in [3.05, 3.63) is 54.6 Å². The number of sulfonamides is 1. The van der Waals surface area contributed by atoms with E-state index in [-0.39, 0.29) is 29.8 Å². The molecule has 2 heterocycles. The number of hydrogen-bond donors (Lipinski definition) is 2. The van der Waals surface area contributed by atoms with Gasteiger partial charge in [-0.2, -0.15) is 4.31 Å². The van der Waals surface area contributed by atoms with Gasteiger partial charge >= 0.3 is 12.2 Å². The zero-order chi connectivity index (χ0) is 23.6. The Bertz CT molecular complexity index is 1110. The largest absolute Gasteiger partial charge is 0.507 e. The van der Waals surface area contributed by atoms with Crippen molar-refractivity contribution in [2.45, 2.75) is 30.0 Å². The number of rotatable bonds is 5. The van der Waals surface area contributed by atoms with Gasteiger partial charge in [-0.3, -0.25) is 0 Å². The van der Waals surface area contributed by atoms with Crippen LogP contribution in [0.25, 0.3) is 0 Å². The van der Waals surface area contributed by atoms with Gasteiger partial charge in [0, 0.05) is 31.2 Å². The molecule has 2 aliphatic rings. The minimum atomic E-state index is -4.11. The van der Waals surface area contributed by atoms with Gasteiger partial charge in [0.05, 0.1) is 12.0 Å². The highest BCUT2D eigenvalue weighted by atomic mass is 32.2. The minimum absolute atomic E-state index is 0.00574. The van der Waals surface area contributed by atoms with Gasteiger partial charge in [0.25, 0.3) is 0 Å². The molecule has 2 aliphatic heterocycles. The number of piperidine rings is 1. The van der Waals surface area contributed by atoms with Crippen LogP contribution in [0.15, 0.2) is 59.5 Å². The summed E-state index contributed by atoms with van der Waals surface area (Å²) in [6, 6.07) is 13.9. The summed E-state index contributed by atoms with van der Waals surface area (Å²) in [5.41, 5.74) is 0.630. The van der Waals surface area contributed by atoms with Crippen LogP contribution in [0.4, 0.5) is 15.3 Å². The fraction of sp³-hybridized carbons (Fsp3) is 0.364. The molecular formula is C22H25N3O7S. The Morgan fingerprint density at radius 1 is 1.09 bits per heavy atom. The lowest BCUT2D eigenvalue weighted by molar-refractivity contribution is 0.00875. The molecule has 2 aromatic rings. The van der Waals surface area contributed by atoms with Crippen molar-refractivity contribution in [2.24, 2.45) is 5.92 Å². The van der Waals surface area contributed by atoms with E-state index in [1.165, 1.54) is 31.4 Å². The molecule has 0 saturated carbocycles. The van der Waals surface area contributed by atoms with Gasteiger partial charge in [-0.25, -0.2) is 18.0 Å². The maximum atomic E-state index is 13.5. The lowest BCUT2D eigenvalue weighted by atomic mass is 9.92. The van der Waals surface area contributed by atoms with Gasteiger partial charge in [-0.15, -0.1) is 0 Å². The van der Waals surface area contributed by atoms with E-state index in [0.29, 0.717) is 24.4 Å². The van der Waals surface area contributed by atoms with Crippen LogP contribution in [-0.2, 0) is 14.8 Å². The first-order chi connectivity index (χ1) is 15.8. The van der Waals surface area contributed by atoms with Gasteiger partial charge in [0.1, 0.15) is 5.75 Å². The third-order valence-electron chi connectivity index (χ3n) is 6.02. The number of carbonyl (C=O) groups is 2. The topological polar surface area (TPSA) is 125 Å². The summed E-state index contributed by atoms with van der Waals surface area (Å²) in [6.07, 6.45) is -1.95. The second kappa shape index (κ2) is 9.28. The van der Waals surface area contributed by atoms with Crippen LogP contribution in [0.2, 0.25) is 0 Å². The van der Waals surface area contributed by atoms with E-state index in [1.807, 2.05) is 6.07 Å². The molecule has 4 rings (SSSR count). The zero-order valence-corrected chi connectivity index (χ0v) is 18.8. The Hall–Kier alpha value is -3.31. The van der Waals surface area contributed by atoms with Crippen LogP contribution in [0.3, 0.4) is 0 Å². The molecule has 0 radical (unpaired) electrons. The molecule has 0 spiro atoms. The van der Waals surface area contributed by atoms with Crippen molar-refractivity contribution in [1.82, 2.24) is 9.21 Å². The van der Waals surface area contributed by atoms with E-state index in [9.17, 15) is 23.1 Å². The monoisotopic (exact) mass is 475 g/mol. The molecule has 2 amide bonds. The molecule has 3 atom stereocenters. The number of carboxylic acid groups (broad SMARTS) is 1. The van der Waals surface area contributed by atoms with Crippen molar-refractivity contribution >= 4 is 27.9 Å². The van der Waals surface area contributed by atoms with Crippen molar-refractivity contribution in [1.29, 1.82) is 0 Å². The SMILES string of the molecule is COc1ccc(S(=O)(=O)N2[C@@H](OC(=O)O)C[C@@H]3CCN(C(=O)Nc4ccccc4)C[C@@H]32)cc1. The Kier molecular flexibility index (Phi) is 6.43. The molecule has 33 heavy (non-hydrogen) atoms. The van der Waals surface area contributed by atoms with Crippen molar-refractivity contribution in [3.63, 3.8) is 0 Å². The first-order valence-electron chi connectivity index (χ1n) is 10.5. The highest BCUT2D eigenvalue weighted by Gasteiger charge is 2.52. The first-order valence-corrected chi connectivity index (χ1v) is 11.9. The number of amides is 2. The van der Waals surface area contributed by atoms with Crippen LogP contribution in [0, 0.1) is 5.92 Å². The fourth-order valence-electron chi connectivity index (χ4n) is 4.45. The molecule has 176 valence electrons. The number of fused-ring (bicyclic) bond motifs is 1. The predicted molar refractivity (Wildman–Crippen MR) is 118 cm³/mol. The average Bonchev–Trinajstić information content (AvgIpc) is 3.16. The van der Waals surface area contributed by atoms with Crippen LogP contribution in [-0.4, -0.2) is 67.4 Å². The molecule has 2 aromatic carbocycles. The number of hydrogen-bond acceptors (Lipinski definition) is 6. The molecule has 0 aromatic heterocycles. The molecule has 10 nitrogen and oxygen atoms in total. The normalized spacial score (nSPS) is 22.9. The molecule has 2 saturated heterocycles.